The molecule has 0 radical (unpaired) electrons. The molecule has 0 fully saturated rings. The lowest BCUT2D eigenvalue weighted by Crippen LogP contribution is -2.53. The van der Waals surface area contributed by atoms with Crippen LogP contribution in [0.15, 0.2) is 18.2 Å². The van der Waals surface area contributed by atoms with Crippen LogP contribution in [0.5, 0.6) is 0 Å². The third kappa shape index (κ3) is 3.47. The van der Waals surface area contributed by atoms with Crippen molar-refractivity contribution in [2.45, 2.75) is 39.2 Å². The van der Waals surface area contributed by atoms with Gasteiger partial charge in [-0.1, -0.05) is 25.4 Å². The van der Waals surface area contributed by atoms with Crippen LogP contribution in [0.25, 0.3) is 0 Å². The van der Waals surface area contributed by atoms with Gasteiger partial charge in [-0.2, -0.15) is 0 Å². The van der Waals surface area contributed by atoms with Gasteiger partial charge in [-0.25, -0.2) is 4.79 Å². The molecule has 0 heterocycles. The summed E-state index contributed by atoms with van der Waals surface area (Å²) in [4.78, 5) is 23.5. The number of hydrogen-bond acceptors (Lipinski definition) is 2. The fraction of sp³-hybridized carbons (Fsp3) is 0.429. The minimum Gasteiger partial charge on any atom is -0.480 e. The van der Waals surface area contributed by atoms with Crippen molar-refractivity contribution in [1.82, 2.24) is 5.32 Å². The highest BCUT2D eigenvalue weighted by Gasteiger charge is 2.36. The number of amides is 1. The van der Waals surface area contributed by atoms with Crippen molar-refractivity contribution < 1.29 is 14.7 Å². The average molecular weight is 284 g/mol. The molecule has 0 atom stereocenters. The van der Waals surface area contributed by atoms with Crippen LogP contribution in [-0.4, -0.2) is 22.5 Å². The third-order valence-electron chi connectivity index (χ3n) is 3.27. The van der Waals surface area contributed by atoms with E-state index in [1.165, 1.54) is 6.07 Å². The van der Waals surface area contributed by atoms with E-state index in [2.05, 4.69) is 5.32 Å². The van der Waals surface area contributed by atoms with Crippen LogP contribution in [0.4, 0.5) is 0 Å². The topological polar surface area (TPSA) is 66.4 Å². The molecule has 0 aliphatic carbocycles. The van der Waals surface area contributed by atoms with Crippen LogP contribution in [0.2, 0.25) is 5.02 Å². The highest BCUT2D eigenvalue weighted by atomic mass is 35.5. The molecule has 2 N–H and O–H groups in total. The Bertz CT molecular complexity index is 475. The number of aliphatic carboxylic acids is 1. The Labute approximate surface area is 117 Å². The van der Waals surface area contributed by atoms with E-state index in [1.807, 2.05) is 6.92 Å². The maximum Gasteiger partial charge on any atom is 0.329 e. The molecule has 0 bridgehead atoms. The molecule has 0 saturated heterocycles. The van der Waals surface area contributed by atoms with Gasteiger partial charge in [0, 0.05) is 10.6 Å². The quantitative estimate of drug-likeness (QED) is 0.873. The van der Waals surface area contributed by atoms with Crippen LogP contribution in [0.1, 0.15) is 42.6 Å². The highest BCUT2D eigenvalue weighted by Crippen LogP contribution is 2.19. The fourth-order valence-corrected chi connectivity index (χ4v) is 2.23. The summed E-state index contributed by atoms with van der Waals surface area (Å²) in [5.74, 6) is -1.44. The summed E-state index contributed by atoms with van der Waals surface area (Å²) in [5, 5.41) is 12.3. The molecule has 1 amide bonds. The summed E-state index contributed by atoms with van der Waals surface area (Å²) in [7, 11) is 0. The third-order valence-corrected chi connectivity index (χ3v) is 3.49. The van der Waals surface area contributed by atoms with Gasteiger partial charge in [0.25, 0.3) is 5.91 Å². The van der Waals surface area contributed by atoms with Gasteiger partial charge < -0.3 is 10.4 Å². The first-order valence-electron chi connectivity index (χ1n) is 6.17. The zero-order chi connectivity index (χ0) is 14.6. The number of carbonyl (C=O) groups excluding carboxylic acids is 1. The van der Waals surface area contributed by atoms with E-state index < -0.39 is 17.4 Å². The molecule has 5 heteroatoms. The summed E-state index contributed by atoms with van der Waals surface area (Å²) >= 11 is 5.90. The number of carboxylic acids is 1. The number of benzene rings is 1. The molecule has 0 aliphatic heterocycles. The Kier molecular flexibility index (Phi) is 4.95. The second-order valence-corrected chi connectivity index (χ2v) is 5.00. The monoisotopic (exact) mass is 283 g/mol. The molecule has 19 heavy (non-hydrogen) atoms. The van der Waals surface area contributed by atoms with Crippen molar-refractivity contribution in [3.63, 3.8) is 0 Å². The van der Waals surface area contributed by atoms with Crippen molar-refractivity contribution in [3.05, 3.63) is 34.3 Å². The van der Waals surface area contributed by atoms with Gasteiger partial charge in [-0.05, 0) is 43.5 Å². The molecule has 0 aromatic heterocycles. The Morgan fingerprint density at radius 3 is 2.26 bits per heavy atom. The fourth-order valence-electron chi connectivity index (χ4n) is 1.94. The first-order chi connectivity index (χ1) is 8.84. The predicted molar refractivity (Wildman–Crippen MR) is 74.6 cm³/mol. The SMILES string of the molecule is CCC(CC)(NC(=O)c1cc(C)cc(Cl)c1)C(=O)O. The van der Waals surface area contributed by atoms with Crippen molar-refractivity contribution in [2.75, 3.05) is 0 Å². The number of halogens is 1. The van der Waals surface area contributed by atoms with Gasteiger partial charge in [0.05, 0.1) is 0 Å². The zero-order valence-corrected chi connectivity index (χ0v) is 12.0. The van der Waals surface area contributed by atoms with Gasteiger partial charge in [0.2, 0.25) is 0 Å². The van der Waals surface area contributed by atoms with E-state index in [-0.39, 0.29) is 0 Å². The van der Waals surface area contributed by atoms with E-state index in [4.69, 9.17) is 11.6 Å². The summed E-state index contributed by atoms with van der Waals surface area (Å²) in [6.07, 6.45) is 0.647. The van der Waals surface area contributed by atoms with Crippen LogP contribution >= 0.6 is 11.6 Å². The Morgan fingerprint density at radius 1 is 1.26 bits per heavy atom. The largest absolute Gasteiger partial charge is 0.480 e. The number of rotatable bonds is 5. The molecule has 0 aliphatic rings. The van der Waals surface area contributed by atoms with Crippen LogP contribution < -0.4 is 5.32 Å². The minimum atomic E-state index is -1.23. The lowest BCUT2D eigenvalue weighted by atomic mass is 9.92. The van der Waals surface area contributed by atoms with E-state index in [0.717, 1.165) is 5.56 Å². The summed E-state index contributed by atoms with van der Waals surface area (Å²) in [6, 6.07) is 4.95. The van der Waals surface area contributed by atoms with Crippen LogP contribution in [0.3, 0.4) is 0 Å². The highest BCUT2D eigenvalue weighted by molar-refractivity contribution is 6.31. The van der Waals surface area contributed by atoms with Gasteiger partial charge in [-0.3, -0.25) is 4.79 Å². The maximum absolute atomic E-state index is 12.2. The second-order valence-electron chi connectivity index (χ2n) is 4.57. The maximum atomic E-state index is 12.2. The number of carbonyl (C=O) groups is 2. The molecule has 104 valence electrons. The Hall–Kier alpha value is -1.55. The molecule has 1 aromatic rings. The van der Waals surface area contributed by atoms with E-state index in [9.17, 15) is 14.7 Å². The predicted octanol–water partition coefficient (Wildman–Crippen LogP) is 3.02. The van der Waals surface area contributed by atoms with E-state index >= 15 is 0 Å². The minimum absolute atomic E-state index is 0.324. The first-order valence-corrected chi connectivity index (χ1v) is 6.55. The van der Waals surface area contributed by atoms with Crippen LogP contribution in [-0.2, 0) is 4.79 Å². The normalized spacial score (nSPS) is 11.2. The van der Waals surface area contributed by atoms with Crippen LogP contribution in [0, 0.1) is 6.92 Å². The number of nitrogens with one attached hydrogen (secondary N) is 1. The molecule has 0 unspecified atom stereocenters. The van der Waals surface area contributed by atoms with Crippen molar-refractivity contribution >= 4 is 23.5 Å². The van der Waals surface area contributed by atoms with Gasteiger partial charge in [0.1, 0.15) is 5.54 Å². The van der Waals surface area contributed by atoms with Crippen molar-refractivity contribution in [1.29, 1.82) is 0 Å². The number of hydrogen-bond donors (Lipinski definition) is 2. The summed E-state index contributed by atoms with van der Waals surface area (Å²) in [5.41, 5.74) is -0.00285. The molecular weight excluding hydrogens is 266 g/mol. The zero-order valence-electron chi connectivity index (χ0n) is 11.3. The van der Waals surface area contributed by atoms with Crippen molar-refractivity contribution in [2.24, 2.45) is 0 Å². The van der Waals surface area contributed by atoms with Gasteiger partial charge in [-0.15, -0.1) is 0 Å². The summed E-state index contributed by atoms with van der Waals surface area (Å²) in [6.45, 7) is 5.30. The Morgan fingerprint density at radius 2 is 1.84 bits per heavy atom. The molecular formula is C14H18ClNO3. The second kappa shape index (κ2) is 6.06. The molecule has 0 saturated carbocycles. The molecule has 4 nitrogen and oxygen atoms in total. The number of carboxylic acid groups (broad SMARTS) is 1. The first kappa shape index (κ1) is 15.5. The Balaban J connectivity index is 3.03. The molecule has 0 spiro atoms. The summed E-state index contributed by atoms with van der Waals surface area (Å²) < 4.78 is 0. The standard InChI is InChI=1S/C14H18ClNO3/c1-4-14(5-2,13(18)19)16-12(17)10-6-9(3)7-11(15)8-10/h6-8H,4-5H2,1-3H3,(H,16,17)(H,18,19). The lowest BCUT2D eigenvalue weighted by molar-refractivity contribution is -0.144. The number of aryl methyl sites for hydroxylation is 1. The molecule has 1 aromatic carbocycles. The molecule has 1 rings (SSSR count). The van der Waals surface area contributed by atoms with E-state index in [0.29, 0.717) is 23.4 Å². The van der Waals surface area contributed by atoms with Crippen molar-refractivity contribution in [3.8, 4) is 0 Å². The van der Waals surface area contributed by atoms with Gasteiger partial charge >= 0.3 is 5.97 Å². The average Bonchev–Trinajstić information content (AvgIpc) is 2.34. The smallest absolute Gasteiger partial charge is 0.329 e. The lowest BCUT2D eigenvalue weighted by Gasteiger charge is -2.28. The van der Waals surface area contributed by atoms with Gasteiger partial charge in [0.15, 0.2) is 0 Å². The van der Waals surface area contributed by atoms with E-state index in [1.54, 1.807) is 26.0 Å².